The molecule has 1 nitrogen and oxygen atoms in total. The number of halogens is 3. The molecule has 0 amide bonds. The van der Waals surface area contributed by atoms with Gasteiger partial charge in [-0.05, 0) is 12.1 Å². The average molecular weight is 221 g/mol. The first kappa shape index (κ1) is 11.4. The second-order valence-electron chi connectivity index (χ2n) is 2.70. The van der Waals surface area contributed by atoms with Gasteiger partial charge in [0.05, 0.1) is 0 Å². The van der Waals surface area contributed by atoms with E-state index in [9.17, 15) is 13.2 Å². The van der Waals surface area contributed by atoms with Crippen molar-refractivity contribution in [2.24, 2.45) is 5.73 Å². The Bertz CT molecular complexity index is 273. The molecule has 0 bridgehead atoms. The summed E-state index contributed by atoms with van der Waals surface area (Å²) in [7, 11) is 0. The highest BCUT2D eigenvalue weighted by molar-refractivity contribution is 8.00. The van der Waals surface area contributed by atoms with Crippen molar-refractivity contribution < 1.29 is 13.2 Å². The molecule has 1 rings (SSSR count). The van der Waals surface area contributed by atoms with E-state index in [4.69, 9.17) is 5.73 Å². The maximum Gasteiger partial charge on any atom is 0.402 e. The van der Waals surface area contributed by atoms with Gasteiger partial charge in [-0.25, -0.2) is 0 Å². The predicted molar refractivity (Wildman–Crippen MR) is 51.2 cm³/mol. The number of hydrogen-bond acceptors (Lipinski definition) is 2. The summed E-state index contributed by atoms with van der Waals surface area (Å²) < 4.78 is 36.9. The average Bonchev–Trinajstić information content (AvgIpc) is 2.14. The lowest BCUT2D eigenvalue weighted by atomic mass is 10.4. The van der Waals surface area contributed by atoms with Crippen molar-refractivity contribution in [1.29, 1.82) is 0 Å². The number of benzene rings is 1. The van der Waals surface area contributed by atoms with Gasteiger partial charge in [-0.15, -0.1) is 11.8 Å². The fraction of sp³-hybridized carbons (Fsp3) is 0.333. The SMILES string of the molecule is NCC(Sc1ccccc1)C(F)(F)F. The Balaban J connectivity index is 2.67. The van der Waals surface area contributed by atoms with Gasteiger partial charge >= 0.3 is 6.18 Å². The van der Waals surface area contributed by atoms with Crippen LogP contribution in [-0.2, 0) is 0 Å². The zero-order valence-electron chi connectivity index (χ0n) is 7.29. The smallest absolute Gasteiger partial charge is 0.329 e. The molecule has 0 saturated heterocycles. The van der Waals surface area contributed by atoms with E-state index in [2.05, 4.69) is 0 Å². The lowest BCUT2D eigenvalue weighted by Gasteiger charge is -2.17. The van der Waals surface area contributed by atoms with Crippen LogP contribution in [0.4, 0.5) is 13.2 Å². The van der Waals surface area contributed by atoms with Gasteiger partial charge < -0.3 is 5.73 Å². The third kappa shape index (κ3) is 3.23. The van der Waals surface area contributed by atoms with Crippen molar-refractivity contribution in [2.75, 3.05) is 6.54 Å². The molecule has 0 radical (unpaired) electrons. The predicted octanol–water partition coefficient (Wildman–Crippen LogP) is 2.67. The number of hydrogen-bond donors (Lipinski definition) is 1. The first-order valence-electron chi connectivity index (χ1n) is 4.02. The van der Waals surface area contributed by atoms with Crippen LogP contribution in [0.2, 0.25) is 0 Å². The maximum absolute atomic E-state index is 12.3. The summed E-state index contributed by atoms with van der Waals surface area (Å²) in [5.41, 5.74) is 5.07. The summed E-state index contributed by atoms with van der Waals surface area (Å²) in [5, 5.41) is -1.52. The van der Waals surface area contributed by atoms with Crippen LogP contribution in [0.3, 0.4) is 0 Å². The van der Waals surface area contributed by atoms with Crippen molar-refractivity contribution in [3.05, 3.63) is 30.3 Å². The van der Waals surface area contributed by atoms with E-state index in [-0.39, 0.29) is 0 Å². The van der Waals surface area contributed by atoms with Crippen LogP contribution in [0.15, 0.2) is 35.2 Å². The van der Waals surface area contributed by atoms with Crippen LogP contribution in [0.1, 0.15) is 0 Å². The van der Waals surface area contributed by atoms with Gasteiger partial charge in [0.2, 0.25) is 0 Å². The fourth-order valence-corrected chi connectivity index (χ4v) is 1.78. The second kappa shape index (κ2) is 4.70. The fourth-order valence-electron chi connectivity index (χ4n) is 0.912. The molecule has 5 heteroatoms. The van der Waals surface area contributed by atoms with E-state index in [0.717, 1.165) is 11.8 Å². The molecule has 0 heterocycles. The number of alkyl halides is 3. The van der Waals surface area contributed by atoms with Crippen LogP contribution in [0.5, 0.6) is 0 Å². The zero-order valence-corrected chi connectivity index (χ0v) is 8.11. The molecule has 1 aromatic carbocycles. The van der Waals surface area contributed by atoms with Crippen molar-refractivity contribution in [1.82, 2.24) is 0 Å². The van der Waals surface area contributed by atoms with Gasteiger partial charge in [0, 0.05) is 11.4 Å². The topological polar surface area (TPSA) is 26.0 Å². The van der Waals surface area contributed by atoms with Crippen LogP contribution in [-0.4, -0.2) is 18.0 Å². The second-order valence-corrected chi connectivity index (χ2v) is 3.97. The molecule has 0 aliphatic carbocycles. The molecule has 1 aromatic rings. The standard InChI is InChI=1S/C9H10F3NS/c10-9(11,12)8(6-13)14-7-4-2-1-3-5-7/h1-5,8H,6,13H2. The highest BCUT2D eigenvalue weighted by Gasteiger charge is 2.39. The molecule has 1 atom stereocenters. The minimum absolute atomic E-state index is 0.400. The van der Waals surface area contributed by atoms with Gasteiger partial charge in [-0.3, -0.25) is 0 Å². The van der Waals surface area contributed by atoms with Crippen LogP contribution >= 0.6 is 11.8 Å². The van der Waals surface area contributed by atoms with Gasteiger partial charge in [0.1, 0.15) is 5.25 Å². The van der Waals surface area contributed by atoms with E-state index in [0.29, 0.717) is 4.90 Å². The Morgan fingerprint density at radius 2 is 1.79 bits per heavy atom. The van der Waals surface area contributed by atoms with Crippen molar-refractivity contribution in [2.45, 2.75) is 16.3 Å². The van der Waals surface area contributed by atoms with E-state index >= 15 is 0 Å². The van der Waals surface area contributed by atoms with Gasteiger partial charge in [-0.1, -0.05) is 18.2 Å². The van der Waals surface area contributed by atoms with Crippen molar-refractivity contribution >= 4 is 11.8 Å². The highest BCUT2D eigenvalue weighted by atomic mass is 32.2. The Labute approximate surface area is 84.5 Å². The third-order valence-corrected chi connectivity index (χ3v) is 2.89. The molecule has 0 fully saturated rings. The Kier molecular flexibility index (Phi) is 3.83. The summed E-state index contributed by atoms with van der Waals surface area (Å²) in [5.74, 6) is 0. The molecule has 0 saturated carbocycles. The summed E-state index contributed by atoms with van der Waals surface area (Å²) in [4.78, 5) is 0.584. The molecule has 0 aliphatic heterocycles. The summed E-state index contributed by atoms with van der Waals surface area (Å²) in [6.45, 7) is -0.400. The normalized spacial score (nSPS) is 14.0. The first-order valence-corrected chi connectivity index (χ1v) is 4.90. The third-order valence-electron chi connectivity index (χ3n) is 1.60. The van der Waals surface area contributed by atoms with Crippen LogP contribution in [0, 0.1) is 0 Å². The number of rotatable bonds is 3. The molecular weight excluding hydrogens is 211 g/mol. The lowest BCUT2D eigenvalue weighted by Crippen LogP contribution is -2.32. The summed E-state index contributed by atoms with van der Waals surface area (Å²) in [6.07, 6.45) is -4.24. The molecule has 1 unspecified atom stereocenters. The largest absolute Gasteiger partial charge is 0.402 e. The summed E-state index contributed by atoms with van der Waals surface area (Å²) >= 11 is 0.746. The molecule has 14 heavy (non-hydrogen) atoms. The van der Waals surface area contributed by atoms with E-state index in [1.165, 1.54) is 0 Å². The quantitative estimate of drug-likeness (QED) is 0.794. The molecular formula is C9H10F3NS. The maximum atomic E-state index is 12.3. The Morgan fingerprint density at radius 3 is 2.21 bits per heavy atom. The number of nitrogens with two attached hydrogens (primary N) is 1. The molecule has 78 valence electrons. The van der Waals surface area contributed by atoms with Crippen LogP contribution < -0.4 is 5.73 Å². The molecule has 0 aliphatic rings. The first-order chi connectivity index (χ1) is 6.54. The van der Waals surface area contributed by atoms with E-state index in [1.54, 1.807) is 30.3 Å². The summed E-state index contributed by atoms with van der Waals surface area (Å²) in [6, 6.07) is 8.44. The van der Waals surface area contributed by atoms with Gasteiger partial charge in [-0.2, -0.15) is 13.2 Å². The highest BCUT2D eigenvalue weighted by Crippen LogP contribution is 2.34. The van der Waals surface area contributed by atoms with Crippen molar-refractivity contribution in [3.63, 3.8) is 0 Å². The minimum atomic E-state index is -4.24. The monoisotopic (exact) mass is 221 g/mol. The Hall–Kier alpha value is -0.680. The molecule has 0 spiro atoms. The van der Waals surface area contributed by atoms with E-state index in [1.807, 2.05) is 0 Å². The minimum Gasteiger partial charge on any atom is -0.329 e. The molecule has 0 aromatic heterocycles. The lowest BCUT2D eigenvalue weighted by molar-refractivity contribution is -0.126. The van der Waals surface area contributed by atoms with E-state index < -0.39 is 18.0 Å². The molecule has 2 N–H and O–H groups in total. The van der Waals surface area contributed by atoms with Gasteiger partial charge in [0.25, 0.3) is 0 Å². The van der Waals surface area contributed by atoms with Gasteiger partial charge in [0.15, 0.2) is 0 Å². The van der Waals surface area contributed by atoms with Crippen LogP contribution in [0.25, 0.3) is 0 Å². The Morgan fingerprint density at radius 1 is 1.21 bits per heavy atom. The van der Waals surface area contributed by atoms with Crippen molar-refractivity contribution in [3.8, 4) is 0 Å². The zero-order chi connectivity index (χ0) is 10.6. The number of thioether (sulfide) groups is 1.